The molecule has 1 aliphatic carbocycles. The molecule has 0 aromatic carbocycles. The van der Waals surface area contributed by atoms with Crippen LogP contribution in [-0.2, 0) is 17.6 Å². The number of anilines is 2. The van der Waals surface area contributed by atoms with Crippen molar-refractivity contribution in [2.24, 2.45) is 11.3 Å². The van der Waals surface area contributed by atoms with E-state index in [1.54, 1.807) is 0 Å². The van der Waals surface area contributed by atoms with E-state index in [9.17, 15) is 14.7 Å². The van der Waals surface area contributed by atoms with Crippen LogP contribution < -0.4 is 10.2 Å². The lowest BCUT2D eigenvalue weighted by Gasteiger charge is -2.46. The van der Waals surface area contributed by atoms with Gasteiger partial charge in [-0.15, -0.1) is 0 Å². The Balaban J connectivity index is 1.55. The van der Waals surface area contributed by atoms with Crippen LogP contribution in [0.2, 0.25) is 0 Å². The lowest BCUT2D eigenvalue weighted by atomic mass is 9.79. The van der Waals surface area contributed by atoms with Gasteiger partial charge in [-0.25, -0.2) is 9.78 Å². The first kappa shape index (κ1) is 20.9. The van der Waals surface area contributed by atoms with Crippen LogP contribution in [-0.4, -0.2) is 64.6 Å². The van der Waals surface area contributed by atoms with Crippen LogP contribution in [0.4, 0.5) is 16.6 Å². The number of nitrogens with zero attached hydrogens (tertiary/aromatic N) is 4. The highest BCUT2D eigenvalue weighted by Crippen LogP contribution is 2.41. The van der Waals surface area contributed by atoms with Gasteiger partial charge in [0.2, 0.25) is 5.95 Å². The van der Waals surface area contributed by atoms with E-state index in [4.69, 9.17) is 9.97 Å². The molecule has 2 N–H and O–H groups in total. The normalized spacial score (nSPS) is 20.8. The summed E-state index contributed by atoms with van der Waals surface area (Å²) in [4.78, 5) is 35.9. The Kier molecular flexibility index (Phi) is 5.84. The second-order valence-electron chi connectivity index (χ2n) is 9.69. The zero-order chi connectivity index (χ0) is 21.3. The molecule has 0 bridgehead atoms. The number of hydrogen-bond donors (Lipinski definition) is 2. The van der Waals surface area contributed by atoms with Crippen LogP contribution in [0.3, 0.4) is 0 Å². The Labute approximate surface area is 178 Å². The minimum absolute atomic E-state index is 0.0446. The second kappa shape index (κ2) is 8.40. The molecule has 0 saturated carbocycles. The fraction of sp³-hybridized carbons (Fsp3) is 0.727. The van der Waals surface area contributed by atoms with Gasteiger partial charge < -0.3 is 25.0 Å². The summed E-state index contributed by atoms with van der Waals surface area (Å²) >= 11 is 0. The third-order valence-corrected chi connectivity index (χ3v) is 6.69. The number of likely N-dealkylation sites (tertiary alicyclic amines) is 1. The SMILES string of the molecule is CC(C)C[C@@H](CC=O)Nc1nc(N2CCC3(CN(C(=O)O)C3)C2)nc2c1CCCC2. The van der Waals surface area contributed by atoms with Crippen molar-refractivity contribution < 1.29 is 14.7 Å². The highest BCUT2D eigenvalue weighted by Gasteiger charge is 2.50. The molecule has 4 rings (SSSR count). The fourth-order valence-electron chi connectivity index (χ4n) is 5.20. The van der Waals surface area contributed by atoms with Gasteiger partial charge in [0.1, 0.15) is 12.1 Å². The molecule has 8 nitrogen and oxygen atoms in total. The summed E-state index contributed by atoms with van der Waals surface area (Å²) in [5.41, 5.74) is 2.38. The van der Waals surface area contributed by atoms with Gasteiger partial charge in [-0.05, 0) is 44.4 Å². The van der Waals surface area contributed by atoms with Gasteiger partial charge in [-0.3, -0.25) is 0 Å². The number of aldehydes is 1. The largest absolute Gasteiger partial charge is 0.465 e. The summed E-state index contributed by atoms with van der Waals surface area (Å²) in [7, 11) is 0. The smallest absolute Gasteiger partial charge is 0.407 e. The fourth-order valence-corrected chi connectivity index (χ4v) is 5.20. The van der Waals surface area contributed by atoms with Gasteiger partial charge in [-0.2, -0.15) is 4.98 Å². The summed E-state index contributed by atoms with van der Waals surface area (Å²) < 4.78 is 0. The second-order valence-corrected chi connectivity index (χ2v) is 9.69. The molecule has 2 saturated heterocycles. The molecule has 8 heteroatoms. The molecule has 164 valence electrons. The number of rotatable bonds is 7. The zero-order valence-corrected chi connectivity index (χ0v) is 18.1. The summed E-state index contributed by atoms with van der Waals surface area (Å²) in [6.45, 7) is 7.20. The molecule has 1 spiro atoms. The van der Waals surface area contributed by atoms with Crippen molar-refractivity contribution in [3.63, 3.8) is 0 Å². The number of carbonyl (C=O) groups is 2. The molecule has 1 amide bonds. The molecule has 3 heterocycles. The predicted octanol–water partition coefficient (Wildman–Crippen LogP) is 2.96. The van der Waals surface area contributed by atoms with Crippen LogP contribution in [0.25, 0.3) is 0 Å². The number of amides is 1. The molecular formula is C22H33N5O3. The van der Waals surface area contributed by atoms with E-state index in [1.807, 2.05) is 0 Å². The number of carboxylic acid groups (broad SMARTS) is 1. The van der Waals surface area contributed by atoms with Crippen LogP contribution in [0.5, 0.6) is 0 Å². The van der Waals surface area contributed by atoms with Gasteiger partial charge in [0.05, 0.1) is 5.69 Å². The minimum atomic E-state index is -0.832. The van der Waals surface area contributed by atoms with Gasteiger partial charge in [0, 0.05) is 49.6 Å². The van der Waals surface area contributed by atoms with Crippen molar-refractivity contribution >= 4 is 24.1 Å². The van der Waals surface area contributed by atoms with Crippen LogP contribution in [0, 0.1) is 11.3 Å². The van der Waals surface area contributed by atoms with E-state index in [1.165, 1.54) is 10.5 Å². The zero-order valence-electron chi connectivity index (χ0n) is 18.1. The van der Waals surface area contributed by atoms with Gasteiger partial charge in [0.15, 0.2) is 0 Å². The third-order valence-electron chi connectivity index (χ3n) is 6.69. The van der Waals surface area contributed by atoms with Crippen molar-refractivity contribution in [1.29, 1.82) is 0 Å². The van der Waals surface area contributed by atoms with Crippen molar-refractivity contribution in [2.45, 2.75) is 64.8 Å². The summed E-state index contributed by atoms with van der Waals surface area (Å²) in [5.74, 6) is 2.14. The Morgan fingerprint density at radius 2 is 2.00 bits per heavy atom. The molecule has 1 aromatic rings. The maximum absolute atomic E-state index is 11.2. The predicted molar refractivity (Wildman–Crippen MR) is 115 cm³/mol. The van der Waals surface area contributed by atoms with Gasteiger partial charge in [-0.1, -0.05) is 13.8 Å². The van der Waals surface area contributed by atoms with Gasteiger partial charge >= 0.3 is 6.09 Å². The first-order valence-electron chi connectivity index (χ1n) is 11.2. The van der Waals surface area contributed by atoms with E-state index in [0.29, 0.717) is 25.4 Å². The monoisotopic (exact) mass is 415 g/mol. The van der Waals surface area contributed by atoms with E-state index in [-0.39, 0.29) is 11.5 Å². The van der Waals surface area contributed by atoms with Gasteiger partial charge in [0.25, 0.3) is 0 Å². The number of aryl methyl sites for hydroxylation is 1. The number of nitrogens with one attached hydrogen (secondary N) is 1. The van der Waals surface area contributed by atoms with E-state index < -0.39 is 6.09 Å². The first-order chi connectivity index (χ1) is 14.4. The highest BCUT2D eigenvalue weighted by molar-refractivity contribution is 5.66. The lowest BCUT2D eigenvalue weighted by Crippen LogP contribution is -2.59. The molecule has 1 atom stereocenters. The van der Waals surface area contributed by atoms with Crippen molar-refractivity contribution in [3.05, 3.63) is 11.3 Å². The third kappa shape index (κ3) is 4.23. The number of fused-ring (bicyclic) bond motifs is 1. The standard InChI is InChI=1S/C22H33N5O3/c1-15(2)11-16(7-10-28)23-19-17-5-3-4-6-18(17)24-20(25-19)26-9-8-22(12-26)13-27(14-22)21(29)30/h10,15-16H,3-9,11-14H2,1-2H3,(H,29,30)(H,23,24,25)/t16-/m1/s1. The summed E-state index contributed by atoms with van der Waals surface area (Å²) in [6, 6.07) is 0.0805. The summed E-state index contributed by atoms with van der Waals surface area (Å²) in [5, 5.41) is 12.8. The molecule has 0 radical (unpaired) electrons. The number of carbonyl (C=O) groups excluding carboxylic acids is 1. The number of aromatic nitrogens is 2. The van der Waals surface area contributed by atoms with E-state index >= 15 is 0 Å². The molecule has 1 aromatic heterocycles. The molecule has 0 unspecified atom stereocenters. The van der Waals surface area contributed by atoms with Crippen molar-refractivity contribution in [3.8, 4) is 0 Å². The molecular weight excluding hydrogens is 382 g/mol. The number of hydrogen-bond acceptors (Lipinski definition) is 6. The highest BCUT2D eigenvalue weighted by atomic mass is 16.4. The molecule has 30 heavy (non-hydrogen) atoms. The maximum Gasteiger partial charge on any atom is 0.407 e. The van der Waals surface area contributed by atoms with Crippen LogP contribution in [0.1, 0.15) is 57.2 Å². The Morgan fingerprint density at radius 1 is 1.23 bits per heavy atom. The summed E-state index contributed by atoms with van der Waals surface area (Å²) in [6.07, 6.45) is 6.76. The quantitative estimate of drug-likeness (QED) is 0.661. The Morgan fingerprint density at radius 3 is 2.70 bits per heavy atom. The topological polar surface area (TPSA) is 98.7 Å². The molecule has 2 fully saturated rings. The Bertz CT molecular complexity index is 806. The van der Waals surface area contributed by atoms with E-state index in [2.05, 4.69) is 24.1 Å². The van der Waals surface area contributed by atoms with Crippen molar-refractivity contribution in [2.75, 3.05) is 36.4 Å². The molecule has 3 aliphatic rings. The average molecular weight is 416 g/mol. The van der Waals surface area contributed by atoms with Crippen molar-refractivity contribution in [1.82, 2.24) is 14.9 Å². The van der Waals surface area contributed by atoms with Crippen LogP contribution in [0.15, 0.2) is 0 Å². The Hall–Kier alpha value is -2.38. The first-order valence-corrected chi connectivity index (χ1v) is 11.2. The average Bonchev–Trinajstić information content (AvgIpc) is 3.12. The van der Waals surface area contributed by atoms with E-state index in [0.717, 1.165) is 75.4 Å². The minimum Gasteiger partial charge on any atom is -0.465 e. The molecule has 2 aliphatic heterocycles. The van der Waals surface area contributed by atoms with Crippen LogP contribution >= 0.6 is 0 Å². The lowest BCUT2D eigenvalue weighted by molar-refractivity contribution is -0.108. The maximum atomic E-state index is 11.2.